The van der Waals surface area contributed by atoms with Crippen molar-refractivity contribution in [2.45, 2.75) is 31.1 Å². The number of carbonyl (C=O) groups is 1. The third-order valence-corrected chi connectivity index (χ3v) is 8.09. The molecule has 0 radical (unpaired) electrons. The molecule has 0 saturated heterocycles. The van der Waals surface area contributed by atoms with Crippen molar-refractivity contribution >= 4 is 27.4 Å². The van der Waals surface area contributed by atoms with Crippen LogP contribution in [0.2, 0.25) is 0 Å². The van der Waals surface area contributed by atoms with Gasteiger partial charge in [-0.05, 0) is 74.7 Å². The molecule has 0 aliphatic heterocycles. The fraction of sp³-hybridized carbons (Fsp3) is 0.185. The summed E-state index contributed by atoms with van der Waals surface area (Å²) in [6, 6.07) is 24.7. The molecule has 7 nitrogen and oxygen atoms in total. The van der Waals surface area contributed by atoms with Gasteiger partial charge in [0.2, 0.25) is 0 Å². The molecule has 1 amide bonds. The summed E-state index contributed by atoms with van der Waals surface area (Å²) in [7, 11) is -3.76. The Balaban J connectivity index is 1.41. The number of aryl methyl sites for hydroxylation is 1. The van der Waals surface area contributed by atoms with Gasteiger partial charge in [-0.2, -0.15) is 5.10 Å². The number of para-hydroxylation sites is 2. The van der Waals surface area contributed by atoms with Crippen molar-refractivity contribution in [3.63, 3.8) is 0 Å². The predicted octanol–water partition coefficient (Wildman–Crippen LogP) is 4.83. The van der Waals surface area contributed by atoms with Gasteiger partial charge in [-0.3, -0.25) is 9.10 Å². The quantitative estimate of drug-likeness (QED) is 0.406. The summed E-state index contributed by atoms with van der Waals surface area (Å²) >= 11 is 0. The van der Waals surface area contributed by atoms with Crippen LogP contribution in [0.15, 0.2) is 89.8 Å². The zero-order valence-electron chi connectivity index (χ0n) is 19.4. The number of nitrogens with one attached hydrogen (secondary N) is 1. The first-order valence-corrected chi connectivity index (χ1v) is 13.1. The largest absolute Gasteiger partial charge is 0.306 e. The predicted molar refractivity (Wildman–Crippen MR) is 137 cm³/mol. The van der Waals surface area contributed by atoms with Crippen molar-refractivity contribution in [2.75, 3.05) is 16.2 Å². The smallest absolute Gasteiger partial charge is 0.264 e. The number of hydrogen-bond donors (Lipinski definition) is 1. The van der Waals surface area contributed by atoms with E-state index in [1.165, 1.54) is 16.4 Å². The maximum absolute atomic E-state index is 13.2. The number of benzene rings is 3. The topological polar surface area (TPSA) is 84.3 Å². The molecule has 0 atom stereocenters. The lowest BCUT2D eigenvalue weighted by Crippen LogP contribution is -2.30. The molecule has 1 aliphatic rings. The third-order valence-electron chi connectivity index (χ3n) is 6.18. The Kier molecular flexibility index (Phi) is 6.13. The van der Waals surface area contributed by atoms with Crippen molar-refractivity contribution in [2.24, 2.45) is 0 Å². The minimum atomic E-state index is -3.76. The first-order chi connectivity index (χ1) is 17.0. The average Bonchev–Trinajstić information content (AvgIpc) is 3.48. The van der Waals surface area contributed by atoms with Gasteiger partial charge in [0.1, 0.15) is 5.82 Å². The molecular formula is C27H26N4O3S. The summed E-state index contributed by atoms with van der Waals surface area (Å²) in [5.41, 5.74) is 3.91. The number of aromatic nitrogens is 2. The Hall–Kier alpha value is -3.91. The Morgan fingerprint density at radius 1 is 0.943 bits per heavy atom. The molecule has 0 fully saturated rings. The van der Waals surface area contributed by atoms with Crippen LogP contribution in [0, 0.1) is 0 Å². The van der Waals surface area contributed by atoms with Gasteiger partial charge < -0.3 is 5.32 Å². The molecule has 0 saturated carbocycles. The number of rotatable bonds is 7. The van der Waals surface area contributed by atoms with Crippen molar-refractivity contribution in [1.82, 2.24) is 9.78 Å². The van der Waals surface area contributed by atoms with Crippen LogP contribution < -0.4 is 9.62 Å². The van der Waals surface area contributed by atoms with Gasteiger partial charge in [-0.25, -0.2) is 13.1 Å². The number of hydrogen-bond acceptors (Lipinski definition) is 4. The molecule has 178 valence electrons. The van der Waals surface area contributed by atoms with Crippen molar-refractivity contribution < 1.29 is 13.2 Å². The summed E-state index contributed by atoms with van der Waals surface area (Å²) in [5, 5.41) is 7.75. The van der Waals surface area contributed by atoms with Gasteiger partial charge in [-0.1, -0.05) is 36.4 Å². The van der Waals surface area contributed by atoms with Crippen LogP contribution in [-0.2, 0) is 22.9 Å². The summed E-state index contributed by atoms with van der Waals surface area (Å²) in [6.45, 7) is 2.09. The van der Waals surface area contributed by atoms with E-state index in [0.29, 0.717) is 23.6 Å². The van der Waals surface area contributed by atoms with E-state index in [2.05, 4.69) is 5.32 Å². The highest BCUT2D eigenvalue weighted by Gasteiger charge is 2.26. The summed E-state index contributed by atoms with van der Waals surface area (Å²) in [6.07, 6.45) is 2.76. The van der Waals surface area contributed by atoms with Crippen LogP contribution in [0.5, 0.6) is 0 Å². The normalized spacial score (nSPS) is 12.8. The number of fused-ring (bicyclic) bond motifs is 1. The van der Waals surface area contributed by atoms with Gasteiger partial charge in [0.05, 0.1) is 22.0 Å². The maximum atomic E-state index is 13.2. The molecule has 3 aromatic carbocycles. The van der Waals surface area contributed by atoms with Crippen LogP contribution in [0.25, 0.3) is 5.69 Å². The number of nitrogens with zero attached hydrogens (tertiary/aromatic N) is 3. The monoisotopic (exact) mass is 486 g/mol. The second-order valence-corrected chi connectivity index (χ2v) is 10.2. The lowest BCUT2D eigenvalue weighted by atomic mass is 10.2. The van der Waals surface area contributed by atoms with Crippen LogP contribution >= 0.6 is 0 Å². The molecule has 8 heteroatoms. The molecule has 0 spiro atoms. The lowest BCUT2D eigenvalue weighted by Gasteiger charge is -2.23. The SMILES string of the molecule is CCN(c1ccccc1)S(=O)(=O)c1ccc(C(=O)Nc2c3c(nn2-c2ccccc2)CCC3)cc1. The molecule has 0 unspecified atom stereocenters. The maximum Gasteiger partial charge on any atom is 0.264 e. The standard InChI is InChI=1S/C27H26N4O3S/c1-2-30(21-10-5-3-6-11-21)35(33,34)23-18-16-20(17-19-23)27(32)28-26-24-14-9-15-25(24)29-31(26)22-12-7-4-8-13-22/h3-8,10-13,16-19H,2,9,14-15H2,1H3,(H,28,32). The fourth-order valence-electron chi connectivity index (χ4n) is 4.45. The Morgan fingerprint density at radius 2 is 1.60 bits per heavy atom. The van der Waals surface area contributed by atoms with Crippen molar-refractivity contribution in [1.29, 1.82) is 0 Å². The van der Waals surface area contributed by atoms with E-state index >= 15 is 0 Å². The summed E-state index contributed by atoms with van der Waals surface area (Å²) in [5.74, 6) is 0.364. The van der Waals surface area contributed by atoms with Gasteiger partial charge in [0, 0.05) is 17.7 Å². The first-order valence-electron chi connectivity index (χ1n) is 11.6. The molecule has 35 heavy (non-hydrogen) atoms. The molecule has 1 N–H and O–H groups in total. The van der Waals surface area contributed by atoms with Crippen LogP contribution in [0.3, 0.4) is 0 Å². The van der Waals surface area contributed by atoms with E-state index in [0.717, 1.165) is 36.2 Å². The molecule has 4 aromatic rings. The minimum absolute atomic E-state index is 0.134. The van der Waals surface area contributed by atoms with E-state index in [-0.39, 0.29) is 10.8 Å². The Morgan fingerprint density at radius 3 is 2.26 bits per heavy atom. The highest BCUT2D eigenvalue weighted by Crippen LogP contribution is 2.31. The molecule has 5 rings (SSSR count). The van der Waals surface area contributed by atoms with Crippen molar-refractivity contribution in [3.8, 4) is 5.69 Å². The average molecular weight is 487 g/mol. The summed E-state index contributed by atoms with van der Waals surface area (Å²) < 4.78 is 29.6. The third kappa shape index (κ3) is 4.33. The van der Waals surface area contributed by atoms with E-state index in [9.17, 15) is 13.2 Å². The lowest BCUT2D eigenvalue weighted by molar-refractivity contribution is 0.102. The molecule has 1 aliphatic carbocycles. The highest BCUT2D eigenvalue weighted by molar-refractivity contribution is 7.92. The Labute approximate surface area is 205 Å². The number of sulfonamides is 1. The van der Waals surface area contributed by atoms with E-state index in [4.69, 9.17) is 5.10 Å². The fourth-order valence-corrected chi connectivity index (χ4v) is 5.92. The second kappa shape index (κ2) is 9.38. The molecule has 1 heterocycles. The molecule has 1 aromatic heterocycles. The minimum Gasteiger partial charge on any atom is -0.306 e. The zero-order valence-corrected chi connectivity index (χ0v) is 20.2. The van der Waals surface area contributed by atoms with Crippen LogP contribution in [0.1, 0.15) is 35.0 Å². The first kappa shape index (κ1) is 22.9. The second-order valence-electron chi connectivity index (χ2n) is 8.36. The molecular weight excluding hydrogens is 460 g/mol. The van der Waals surface area contributed by atoms with E-state index in [1.54, 1.807) is 48.0 Å². The summed E-state index contributed by atoms with van der Waals surface area (Å²) in [4.78, 5) is 13.3. The van der Waals surface area contributed by atoms with Crippen LogP contribution in [-0.4, -0.2) is 30.7 Å². The van der Waals surface area contributed by atoms with E-state index in [1.807, 2.05) is 36.4 Å². The molecule has 0 bridgehead atoms. The highest BCUT2D eigenvalue weighted by atomic mass is 32.2. The number of carbonyl (C=O) groups excluding carboxylic acids is 1. The van der Waals surface area contributed by atoms with Gasteiger partial charge in [0.25, 0.3) is 15.9 Å². The van der Waals surface area contributed by atoms with Crippen LogP contribution in [0.4, 0.5) is 11.5 Å². The Bertz CT molecular complexity index is 1450. The zero-order chi connectivity index (χ0) is 24.4. The van der Waals surface area contributed by atoms with Gasteiger partial charge >= 0.3 is 0 Å². The van der Waals surface area contributed by atoms with Gasteiger partial charge in [0.15, 0.2) is 0 Å². The number of amides is 1. The van der Waals surface area contributed by atoms with E-state index < -0.39 is 10.0 Å². The van der Waals surface area contributed by atoms with Crippen molar-refractivity contribution in [3.05, 3.63) is 102 Å². The van der Waals surface area contributed by atoms with Gasteiger partial charge in [-0.15, -0.1) is 0 Å². The number of anilines is 2.